The smallest absolute Gasteiger partial charge is 0.337 e. The fraction of sp³-hybridized carbons (Fsp3) is 0.438. The van der Waals surface area contributed by atoms with Gasteiger partial charge in [0.2, 0.25) is 0 Å². The highest BCUT2D eigenvalue weighted by molar-refractivity contribution is 8.00. The molecule has 138 valence electrons. The third-order valence-electron chi connectivity index (χ3n) is 4.05. The van der Waals surface area contributed by atoms with Gasteiger partial charge in [0.25, 0.3) is 0 Å². The minimum absolute atomic E-state index is 0. The second-order valence-electron chi connectivity index (χ2n) is 5.78. The average molecular weight is 393 g/mol. The highest BCUT2D eigenvalue weighted by atomic mass is 35.5. The molecular weight excluding hydrogens is 373 g/mol. The lowest BCUT2D eigenvalue weighted by molar-refractivity contribution is -0.0328. The Balaban J connectivity index is 0.00000225. The largest absolute Gasteiger partial charge is 0.446 e. The minimum Gasteiger partial charge on any atom is -0.337 e. The number of thioether (sulfide) groups is 1. The van der Waals surface area contributed by atoms with Gasteiger partial charge in [-0.3, -0.25) is 4.90 Å². The zero-order valence-corrected chi connectivity index (χ0v) is 15.3. The molecule has 1 aliphatic heterocycles. The summed E-state index contributed by atoms with van der Waals surface area (Å²) < 4.78 is 39.2. The first-order valence-electron chi connectivity index (χ1n) is 7.69. The summed E-state index contributed by atoms with van der Waals surface area (Å²) >= 11 is -0.0809. The Morgan fingerprint density at radius 1 is 1.28 bits per heavy atom. The van der Waals surface area contributed by atoms with E-state index in [1.165, 1.54) is 12.1 Å². The number of imidazole rings is 1. The number of rotatable bonds is 4. The van der Waals surface area contributed by atoms with Crippen LogP contribution in [0.1, 0.15) is 17.4 Å². The average Bonchev–Trinajstić information content (AvgIpc) is 2.94. The number of hydrogen-bond donors (Lipinski definition) is 1. The maximum Gasteiger partial charge on any atom is 0.446 e. The number of hydrogen-bond acceptors (Lipinski definition) is 4. The topological polar surface area (TPSA) is 33.1 Å². The van der Waals surface area contributed by atoms with Crippen molar-refractivity contribution in [2.24, 2.45) is 7.05 Å². The van der Waals surface area contributed by atoms with E-state index in [1.807, 2.05) is 17.8 Å². The molecule has 3 rings (SSSR count). The van der Waals surface area contributed by atoms with Gasteiger partial charge in [0.15, 0.2) is 0 Å². The number of nitrogens with one attached hydrogen (secondary N) is 1. The van der Waals surface area contributed by atoms with Crippen LogP contribution in [0.5, 0.6) is 0 Å². The molecule has 1 fully saturated rings. The molecule has 2 heterocycles. The van der Waals surface area contributed by atoms with Crippen LogP contribution in [0.3, 0.4) is 0 Å². The second-order valence-corrected chi connectivity index (χ2v) is 6.92. The Bertz CT molecular complexity index is 675. The monoisotopic (exact) mass is 392 g/mol. The van der Waals surface area contributed by atoms with E-state index in [9.17, 15) is 13.2 Å². The first kappa shape index (κ1) is 20.1. The van der Waals surface area contributed by atoms with Crippen LogP contribution >= 0.6 is 24.2 Å². The Hall–Kier alpha value is -1.22. The molecule has 4 nitrogen and oxygen atoms in total. The van der Waals surface area contributed by atoms with E-state index in [0.717, 1.165) is 31.0 Å². The molecule has 2 aromatic rings. The van der Waals surface area contributed by atoms with Gasteiger partial charge >= 0.3 is 5.51 Å². The van der Waals surface area contributed by atoms with Gasteiger partial charge in [0, 0.05) is 50.5 Å². The van der Waals surface area contributed by atoms with Crippen LogP contribution < -0.4 is 5.32 Å². The summed E-state index contributed by atoms with van der Waals surface area (Å²) in [5, 5.41) is 3.38. The van der Waals surface area contributed by atoms with Gasteiger partial charge in [-0.05, 0) is 29.5 Å². The van der Waals surface area contributed by atoms with Crippen LogP contribution in [0.25, 0.3) is 0 Å². The molecule has 0 amide bonds. The molecule has 1 aromatic carbocycles. The number of aromatic nitrogens is 2. The van der Waals surface area contributed by atoms with Crippen molar-refractivity contribution < 1.29 is 13.2 Å². The Kier molecular flexibility index (Phi) is 6.79. The van der Waals surface area contributed by atoms with E-state index >= 15 is 0 Å². The Morgan fingerprint density at radius 3 is 2.60 bits per heavy atom. The van der Waals surface area contributed by atoms with Crippen LogP contribution in [-0.4, -0.2) is 39.6 Å². The molecule has 0 bridgehead atoms. The Morgan fingerprint density at radius 2 is 2.00 bits per heavy atom. The van der Waals surface area contributed by atoms with Crippen LogP contribution in [0.2, 0.25) is 0 Å². The molecular formula is C16H20ClF3N4S. The van der Waals surface area contributed by atoms with Gasteiger partial charge in [-0.1, -0.05) is 12.1 Å². The van der Waals surface area contributed by atoms with Gasteiger partial charge in [-0.15, -0.1) is 12.4 Å². The number of halogens is 4. The van der Waals surface area contributed by atoms with Crippen LogP contribution in [0.4, 0.5) is 13.2 Å². The predicted molar refractivity (Wildman–Crippen MR) is 94.8 cm³/mol. The number of benzene rings is 1. The van der Waals surface area contributed by atoms with E-state index in [2.05, 4.69) is 15.2 Å². The minimum atomic E-state index is -4.25. The molecule has 0 aliphatic carbocycles. The molecule has 1 aliphatic rings. The van der Waals surface area contributed by atoms with Gasteiger partial charge < -0.3 is 9.88 Å². The molecule has 25 heavy (non-hydrogen) atoms. The number of alkyl halides is 3. The lowest BCUT2D eigenvalue weighted by Crippen LogP contribution is -2.46. The number of aryl methyl sites for hydroxylation is 1. The van der Waals surface area contributed by atoms with Gasteiger partial charge in [-0.2, -0.15) is 13.2 Å². The van der Waals surface area contributed by atoms with E-state index < -0.39 is 5.51 Å². The summed E-state index contributed by atoms with van der Waals surface area (Å²) in [4.78, 5) is 6.96. The van der Waals surface area contributed by atoms with Crippen molar-refractivity contribution in [3.8, 4) is 0 Å². The summed E-state index contributed by atoms with van der Waals surface area (Å²) in [5.74, 6) is 0.992. The van der Waals surface area contributed by atoms with E-state index in [-0.39, 0.29) is 35.1 Å². The van der Waals surface area contributed by atoms with Gasteiger partial charge in [0.1, 0.15) is 5.82 Å². The summed E-state index contributed by atoms with van der Waals surface area (Å²) in [6.07, 6.45) is 3.70. The van der Waals surface area contributed by atoms with Crippen LogP contribution in [0, 0.1) is 0 Å². The first-order valence-corrected chi connectivity index (χ1v) is 8.51. The third-order valence-corrected chi connectivity index (χ3v) is 4.79. The fourth-order valence-electron chi connectivity index (χ4n) is 2.92. The summed E-state index contributed by atoms with van der Waals surface area (Å²) in [7, 11) is 1.97. The maximum atomic E-state index is 12.4. The van der Waals surface area contributed by atoms with Crippen molar-refractivity contribution in [1.29, 1.82) is 0 Å². The van der Waals surface area contributed by atoms with Crippen LogP contribution in [-0.2, 0) is 13.6 Å². The van der Waals surface area contributed by atoms with Crippen LogP contribution in [0.15, 0.2) is 41.6 Å². The fourth-order valence-corrected chi connectivity index (χ4v) is 3.46. The SMILES string of the molecule is Cl.Cn1ccnc1C1CNCCN1Cc1ccc(SC(F)(F)F)cc1. The molecule has 9 heteroatoms. The van der Waals surface area contributed by atoms with E-state index in [0.29, 0.717) is 6.54 Å². The predicted octanol–water partition coefficient (Wildman–Crippen LogP) is 3.60. The molecule has 1 aromatic heterocycles. The van der Waals surface area contributed by atoms with Crippen molar-refractivity contribution in [3.05, 3.63) is 48.0 Å². The quantitative estimate of drug-likeness (QED) is 0.806. The van der Waals surface area contributed by atoms with Gasteiger partial charge in [0.05, 0.1) is 6.04 Å². The summed E-state index contributed by atoms with van der Waals surface area (Å²) in [6.45, 7) is 3.27. The second kappa shape index (κ2) is 8.44. The summed E-state index contributed by atoms with van der Waals surface area (Å²) in [6, 6.07) is 6.76. The maximum absolute atomic E-state index is 12.4. The third kappa shape index (κ3) is 5.37. The van der Waals surface area contributed by atoms with Gasteiger partial charge in [-0.25, -0.2) is 4.98 Å². The van der Waals surface area contributed by atoms with Crippen molar-refractivity contribution in [2.45, 2.75) is 23.0 Å². The molecule has 1 atom stereocenters. The normalized spacial score (nSPS) is 18.8. The molecule has 0 saturated carbocycles. The summed E-state index contributed by atoms with van der Waals surface area (Å²) in [5.41, 5.74) is -3.24. The first-order chi connectivity index (χ1) is 11.4. The van der Waals surface area contributed by atoms with Crippen molar-refractivity contribution in [3.63, 3.8) is 0 Å². The van der Waals surface area contributed by atoms with E-state index in [4.69, 9.17) is 0 Å². The molecule has 1 N–H and O–H groups in total. The molecule has 0 spiro atoms. The standard InChI is InChI=1S/C16H19F3N4S.ClH/c1-22-8-7-21-15(22)14-10-20-6-9-23(14)11-12-2-4-13(5-3-12)24-16(17,18)19;/h2-5,7-8,14,20H,6,9-11H2,1H3;1H. The van der Waals surface area contributed by atoms with Crippen molar-refractivity contribution >= 4 is 24.2 Å². The lowest BCUT2D eigenvalue weighted by Gasteiger charge is -2.35. The molecule has 0 radical (unpaired) electrons. The molecule has 1 unspecified atom stereocenters. The zero-order chi connectivity index (χ0) is 17.2. The van der Waals surface area contributed by atoms with Crippen molar-refractivity contribution in [2.75, 3.05) is 19.6 Å². The lowest BCUT2D eigenvalue weighted by atomic mass is 10.1. The van der Waals surface area contributed by atoms with E-state index in [1.54, 1.807) is 18.3 Å². The zero-order valence-electron chi connectivity index (χ0n) is 13.7. The number of piperazine rings is 1. The van der Waals surface area contributed by atoms with Crippen molar-refractivity contribution in [1.82, 2.24) is 19.8 Å². The highest BCUT2D eigenvalue weighted by Gasteiger charge is 2.29. The number of nitrogens with zero attached hydrogens (tertiary/aromatic N) is 3. The molecule has 1 saturated heterocycles. The highest BCUT2D eigenvalue weighted by Crippen LogP contribution is 2.36. The Labute approximate surface area is 155 Å².